The Morgan fingerprint density at radius 1 is 1.33 bits per heavy atom. The summed E-state index contributed by atoms with van der Waals surface area (Å²) in [6, 6.07) is 4.67. The van der Waals surface area contributed by atoms with E-state index in [9.17, 15) is 18.0 Å². The SMILES string of the molecule is CCOC(=O)c1c[nH]c2c(=O)[nH]c3ccc(NS(C)(=O)=O)cc3c12. The van der Waals surface area contributed by atoms with E-state index < -0.39 is 16.0 Å². The lowest BCUT2D eigenvalue weighted by atomic mass is 10.1. The third-order valence-electron chi connectivity index (χ3n) is 3.44. The van der Waals surface area contributed by atoms with Crippen LogP contribution in [0.5, 0.6) is 0 Å². The number of anilines is 1. The molecule has 0 fully saturated rings. The lowest BCUT2D eigenvalue weighted by Gasteiger charge is -2.07. The number of pyridine rings is 1. The first-order chi connectivity index (χ1) is 11.3. The zero-order valence-corrected chi connectivity index (χ0v) is 13.8. The third kappa shape index (κ3) is 2.85. The molecule has 3 rings (SSSR count). The molecule has 0 radical (unpaired) electrons. The third-order valence-corrected chi connectivity index (χ3v) is 4.05. The minimum atomic E-state index is -3.45. The standard InChI is InChI=1S/C15H15N3O5S/c1-3-23-15(20)10-7-16-13-12(10)9-6-8(18-24(2,21)22)4-5-11(9)17-14(13)19/h4-7,16,18H,3H2,1-2H3,(H,17,19). The average Bonchev–Trinajstić information content (AvgIpc) is 2.92. The smallest absolute Gasteiger partial charge is 0.340 e. The first-order valence-corrected chi connectivity index (χ1v) is 9.01. The molecular formula is C15H15N3O5S. The zero-order chi connectivity index (χ0) is 17.5. The highest BCUT2D eigenvalue weighted by Crippen LogP contribution is 2.27. The number of hydrogen-bond acceptors (Lipinski definition) is 5. The van der Waals surface area contributed by atoms with Crippen LogP contribution in [0.2, 0.25) is 0 Å². The number of sulfonamides is 1. The second-order valence-corrected chi connectivity index (χ2v) is 7.01. The molecule has 0 saturated heterocycles. The number of benzene rings is 1. The lowest BCUT2D eigenvalue weighted by molar-refractivity contribution is 0.0529. The van der Waals surface area contributed by atoms with Crippen molar-refractivity contribution < 1.29 is 17.9 Å². The van der Waals surface area contributed by atoms with Gasteiger partial charge in [-0.2, -0.15) is 0 Å². The van der Waals surface area contributed by atoms with Gasteiger partial charge in [0, 0.05) is 28.2 Å². The van der Waals surface area contributed by atoms with E-state index in [1.54, 1.807) is 19.1 Å². The second-order valence-electron chi connectivity index (χ2n) is 5.26. The molecule has 0 aliphatic heterocycles. The first kappa shape index (κ1) is 16.1. The van der Waals surface area contributed by atoms with E-state index in [4.69, 9.17) is 4.74 Å². The van der Waals surface area contributed by atoms with Gasteiger partial charge >= 0.3 is 5.97 Å². The van der Waals surface area contributed by atoms with Gasteiger partial charge in [0.05, 0.1) is 18.4 Å². The summed E-state index contributed by atoms with van der Waals surface area (Å²) < 4.78 is 30.2. The van der Waals surface area contributed by atoms with E-state index in [0.29, 0.717) is 22.0 Å². The van der Waals surface area contributed by atoms with Crippen LogP contribution in [-0.4, -0.2) is 37.2 Å². The molecule has 24 heavy (non-hydrogen) atoms. The van der Waals surface area contributed by atoms with Gasteiger partial charge in [-0.3, -0.25) is 9.52 Å². The van der Waals surface area contributed by atoms with Crippen molar-refractivity contribution in [1.82, 2.24) is 9.97 Å². The van der Waals surface area contributed by atoms with Crippen LogP contribution in [0.3, 0.4) is 0 Å². The summed E-state index contributed by atoms with van der Waals surface area (Å²) in [6.07, 6.45) is 2.45. The number of esters is 1. The Balaban J connectivity index is 2.33. The van der Waals surface area contributed by atoms with Crippen LogP contribution in [0, 0.1) is 0 Å². The molecule has 3 aromatic rings. The summed E-state index contributed by atoms with van der Waals surface area (Å²) >= 11 is 0. The molecule has 3 N–H and O–H groups in total. The largest absolute Gasteiger partial charge is 0.462 e. The van der Waals surface area contributed by atoms with Crippen LogP contribution in [0.1, 0.15) is 17.3 Å². The predicted octanol–water partition coefficient (Wildman–Crippen LogP) is 1.56. The van der Waals surface area contributed by atoms with Crippen LogP contribution in [0.25, 0.3) is 21.8 Å². The van der Waals surface area contributed by atoms with Gasteiger partial charge in [0.25, 0.3) is 5.56 Å². The predicted molar refractivity (Wildman–Crippen MR) is 90.8 cm³/mol. The normalized spacial score (nSPS) is 11.8. The zero-order valence-electron chi connectivity index (χ0n) is 13.0. The van der Waals surface area contributed by atoms with Crippen LogP contribution in [0.15, 0.2) is 29.2 Å². The van der Waals surface area contributed by atoms with Gasteiger partial charge < -0.3 is 14.7 Å². The van der Waals surface area contributed by atoms with Crippen molar-refractivity contribution in [3.63, 3.8) is 0 Å². The molecule has 2 heterocycles. The summed E-state index contributed by atoms with van der Waals surface area (Å²) in [5, 5.41) is 0.923. The van der Waals surface area contributed by atoms with Crippen molar-refractivity contribution in [2.24, 2.45) is 0 Å². The molecule has 0 unspecified atom stereocenters. The van der Waals surface area contributed by atoms with Gasteiger partial charge in [-0.25, -0.2) is 13.2 Å². The van der Waals surface area contributed by atoms with Crippen LogP contribution >= 0.6 is 0 Å². The fourth-order valence-corrected chi connectivity index (χ4v) is 3.13. The number of aromatic nitrogens is 2. The molecule has 0 spiro atoms. The Bertz CT molecular complexity index is 1110. The number of fused-ring (bicyclic) bond motifs is 3. The molecule has 0 aliphatic carbocycles. The number of hydrogen-bond donors (Lipinski definition) is 3. The number of rotatable bonds is 4. The van der Waals surface area contributed by atoms with E-state index in [0.717, 1.165) is 6.26 Å². The minimum Gasteiger partial charge on any atom is -0.462 e. The molecule has 0 atom stereocenters. The number of carbonyl (C=O) groups is 1. The number of H-pyrrole nitrogens is 2. The molecule has 8 nitrogen and oxygen atoms in total. The Morgan fingerprint density at radius 3 is 2.75 bits per heavy atom. The van der Waals surface area contributed by atoms with Crippen molar-refractivity contribution in [3.8, 4) is 0 Å². The van der Waals surface area contributed by atoms with Crippen molar-refractivity contribution in [3.05, 3.63) is 40.3 Å². The molecular weight excluding hydrogens is 334 g/mol. The topological polar surface area (TPSA) is 121 Å². The van der Waals surface area contributed by atoms with Gasteiger partial charge in [-0.15, -0.1) is 0 Å². The van der Waals surface area contributed by atoms with Crippen molar-refractivity contribution in [2.75, 3.05) is 17.6 Å². The summed E-state index contributed by atoms with van der Waals surface area (Å²) in [5.41, 5.74) is 0.879. The fourth-order valence-electron chi connectivity index (χ4n) is 2.57. The number of aromatic amines is 2. The molecule has 2 aromatic heterocycles. The summed E-state index contributed by atoms with van der Waals surface area (Å²) in [6.45, 7) is 1.89. The molecule has 0 amide bonds. The van der Waals surface area contributed by atoms with Crippen LogP contribution in [0.4, 0.5) is 5.69 Å². The fraction of sp³-hybridized carbons (Fsp3) is 0.200. The minimum absolute atomic E-state index is 0.202. The van der Waals surface area contributed by atoms with Crippen LogP contribution < -0.4 is 10.3 Å². The van der Waals surface area contributed by atoms with E-state index in [2.05, 4.69) is 14.7 Å². The summed E-state index contributed by atoms with van der Waals surface area (Å²) in [5.74, 6) is -0.558. The maximum atomic E-state index is 12.1. The Kier molecular flexibility index (Phi) is 3.80. The highest BCUT2D eigenvalue weighted by atomic mass is 32.2. The van der Waals surface area contributed by atoms with Gasteiger partial charge in [0.1, 0.15) is 5.52 Å². The second kappa shape index (κ2) is 5.68. The molecule has 0 bridgehead atoms. The molecule has 1 aromatic carbocycles. The van der Waals surface area contributed by atoms with Crippen LogP contribution in [-0.2, 0) is 14.8 Å². The Hall–Kier alpha value is -2.81. The molecule has 126 valence electrons. The van der Waals surface area contributed by atoms with Crippen molar-refractivity contribution in [1.29, 1.82) is 0 Å². The number of nitrogens with one attached hydrogen (secondary N) is 3. The average molecular weight is 349 g/mol. The van der Waals surface area contributed by atoms with Crippen molar-refractivity contribution in [2.45, 2.75) is 6.92 Å². The van der Waals surface area contributed by atoms with E-state index >= 15 is 0 Å². The van der Waals surface area contributed by atoms with Gasteiger partial charge in [0.15, 0.2) is 0 Å². The maximum absolute atomic E-state index is 12.1. The molecule has 0 aliphatic rings. The van der Waals surface area contributed by atoms with Gasteiger partial charge in [-0.1, -0.05) is 0 Å². The monoisotopic (exact) mass is 349 g/mol. The highest BCUT2D eigenvalue weighted by Gasteiger charge is 2.18. The van der Waals surface area contributed by atoms with E-state index in [1.165, 1.54) is 12.3 Å². The van der Waals surface area contributed by atoms with Gasteiger partial charge in [-0.05, 0) is 25.1 Å². The van der Waals surface area contributed by atoms with Gasteiger partial charge in [0.2, 0.25) is 10.0 Å². The first-order valence-electron chi connectivity index (χ1n) is 7.12. The Labute approximate surface area is 136 Å². The number of ether oxygens (including phenoxy) is 1. The van der Waals surface area contributed by atoms with E-state index in [1.807, 2.05) is 0 Å². The highest BCUT2D eigenvalue weighted by molar-refractivity contribution is 7.92. The molecule has 0 saturated carbocycles. The van der Waals surface area contributed by atoms with E-state index in [-0.39, 0.29) is 23.2 Å². The van der Waals surface area contributed by atoms with Crippen molar-refractivity contribution >= 4 is 43.5 Å². The Morgan fingerprint density at radius 2 is 2.08 bits per heavy atom. The maximum Gasteiger partial charge on any atom is 0.340 e. The molecule has 9 heteroatoms. The lowest BCUT2D eigenvalue weighted by Crippen LogP contribution is -2.11. The summed E-state index contributed by atoms with van der Waals surface area (Å²) in [7, 11) is -3.45. The quantitative estimate of drug-likeness (QED) is 0.617. The number of carbonyl (C=O) groups excluding carboxylic acids is 1. The summed E-state index contributed by atoms with van der Waals surface area (Å²) in [4.78, 5) is 29.7.